The number of β-amino-alcohol motifs (C(OH)–C–C–N with tert-alkyl or cyclic N) is 1. The molecule has 1 saturated heterocycles. The molecule has 4 rings (SSSR count). The van der Waals surface area contributed by atoms with Gasteiger partial charge in [0, 0.05) is 18.5 Å². The van der Waals surface area contributed by atoms with Crippen LogP contribution in [0.1, 0.15) is 40.0 Å². The first-order chi connectivity index (χ1) is 14.8. The molecular weight excluding hydrogens is 418 g/mol. The summed E-state index contributed by atoms with van der Waals surface area (Å²) in [6.45, 7) is 6.43. The average molecular weight is 444 g/mol. The van der Waals surface area contributed by atoms with E-state index in [0.717, 1.165) is 10.6 Å². The number of carbonyl (C=O) groups excluding carboxylic acids is 2. The van der Waals surface area contributed by atoms with Crippen molar-refractivity contribution in [1.82, 2.24) is 15.2 Å². The van der Waals surface area contributed by atoms with Crippen molar-refractivity contribution in [2.45, 2.75) is 39.3 Å². The summed E-state index contributed by atoms with van der Waals surface area (Å²) in [5.41, 5.74) is 2.68. The van der Waals surface area contributed by atoms with Crippen molar-refractivity contribution in [2.75, 3.05) is 19.7 Å². The highest BCUT2D eigenvalue weighted by Crippen LogP contribution is 2.31. The van der Waals surface area contributed by atoms with E-state index in [4.69, 9.17) is 14.3 Å². The monoisotopic (exact) mass is 443 g/mol. The summed E-state index contributed by atoms with van der Waals surface area (Å²) in [4.78, 5) is 32.7. The van der Waals surface area contributed by atoms with Crippen LogP contribution in [0.3, 0.4) is 0 Å². The Morgan fingerprint density at radius 3 is 2.94 bits per heavy atom. The van der Waals surface area contributed by atoms with Gasteiger partial charge in [0.1, 0.15) is 29.2 Å². The topological polar surface area (TPSA) is 105 Å². The summed E-state index contributed by atoms with van der Waals surface area (Å²) in [6.07, 6.45) is 0.481. The van der Waals surface area contributed by atoms with Gasteiger partial charge in [0.25, 0.3) is 5.91 Å². The van der Waals surface area contributed by atoms with Crippen LogP contribution in [-0.4, -0.2) is 52.0 Å². The molecule has 1 aromatic carbocycles. The number of hydrogen-bond acceptors (Lipinski definition) is 7. The third-order valence-corrected chi connectivity index (χ3v) is 6.59. The van der Waals surface area contributed by atoms with Crippen LogP contribution in [0, 0.1) is 13.8 Å². The highest BCUT2D eigenvalue weighted by Gasteiger charge is 2.44. The molecule has 3 aromatic rings. The zero-order valence-electron chi connectivity index (χ0n) is 17.7. The van der Waals surface area contributed by atoms with E-state index in [0.29, 0.717) is 47.6 Å². The first-order valence-electron chi connectivity index (χ1n) is 10.1. The molecule has 0 radical (unpaired) electrons. The summed E-state index contributed by atoms with van der Waals surface area (Å²) in [6, 6.07) is 5.37. The van der Waals surface area contributed by atoms with Crippen LogP contribution in [-0.2, 0) is 11.4 Å². The molecule has 31 heavy (non-hydrogen) atoms. The molecule has 8 nitrogen and oxygen atoms in total. The molecular formula is C22H25N3O5S. The second-order valence-electron chi connectivity index (χ2n) is 7.89. The maximum Gasteiger partial charge on any atom is 0.256 e. The molecule has 2 amide bonds. The zero-order chi connectivity index (χ0) is 22.2. The number of aliphatic hydroxyl groups is 1. The standard InChI is InChI=1S/C22H25N3O5S/c1-13-18(31-12-23-13)11-29-15-4-5-17-16(10-15)19(14(2)30-17)20(27)24-22(3)6-7-25(8-9-26)21(22)28/h4-5,10,12,26H,6-9,11H2,1-3H3,(H,24,27). The fraction of sp³-hybridized carbons (Fsp3) is 0.409. The fourth-order valence-corrected chi connectivity index (χ4v) is 4.55. The van der Waals surface area contributed by atoms with E-state index in [1.54, 1.807) is 42.5 Å². The van der Waals surface area contributed by atoms with Crippen molar-refractivity contribution in [3.8, 4) is 5.75 Å². The lowest BCUT2D eigenvalue weighted by molar-refractivity contribution is -0.132. The molecule has 1 aliphatic heterocycles. The molecule has 0 aliphatic carbocycles. The Labute approximate surface area is 183 Å². The summed E-state index contributed by atoms with van der Waals surface area (Å²) in [5, 5.41) is 12.7. The fourth-order valence-electron chi connectivity index (χ4n) is 3.86. The average Bonchev–Trinajstić information content (AvgIpc) is 3.37. The normalized spacial score (nSPS) is 18.7. The van der Waals surface area contributed by atoms with Gasteiger partial charge < -0.3 is 24.5 Å². The molecule has 1 atom stereocenters. The van der Waals surface area contributed by atoms with Gasteiger partial charge in [-0.25, -0.2) is 4.98 Å². The summed E-state index contributed by atoms with van der Waals surface area (Å²) >= 11 is 1.54. The number of amides is 2. The third kappa shape index (κ3) is 4.03. The number of carbonyl (C=O) groups is 2. The van der Waals surface area contributed by atoms with Crippen molar-refractivity contribution in [1.29, 1.82) is 0 Å². The molecule has 0 saturated carbocycles. The lowest BCUT2D eigenvalue weighted by Gasteiger charge is -2.24. The number of furan rings is 1. The Balaban J connectivity index is 1.56. The Hall–Kier alpha value is -2.91. The Morgan fingerprint density at radius 2 is 2.23 bits per heavy atom. The zero-order valence-corrected chi connectivity index (χ0v) is 18.5. The minimum atomic E-state index is -1.01. The van der Waals surface area contributed by atoms with Gasteiger partial charge in [0.2, 0.25) is 5.91 Å². The maximum absolute atomic E-state index is 13.2. The van der Waals surface area contributed by atoms with Crippen LogP contribution in [0.15, 0.2) is 28.1 Å². The molecule has 2 aromatic heterocycles. The van der Waals surface area contributed by atoms with Crippen LogP contribution < -0.4 is 10.1 Å². The van der Waals surface area contributed by atoms with Crippen molar-refractivity contribution in [2.24, 2.45) is 0 Å². The number of nitrogens with zero attached hydrogens (tertiary/aromatic N) is 2. The number of ether oxygens (including phenoxy) is 1. The molecule has 2 N–H and O–H groups in total. The van der Waals surface area contributed by atoms with Crippen LogP contribution in [0.25, 0.3) is 11.0 Å². The molecule has 0 bridgehead atoms. The highest BCUT2D eigenvalue weighted by atomic mass is 32.1. The van der Waals surface area contributed by atoms with Gasteiger partial charge in [-0.1, -0.05) is 0 Å². The van der Waals surface area contributed by atoms with Gasteiger partial charge in [-0.2, -0.15) is 0 Å². The predicted molar refractivity (Wildman–Crippen MR) is 116 cm³/mol. The number of benzene rings is 1. The van der Waals surface area contributed by atoms with Gasteiger partial charge in [0.15, 0.2) is 0 Å². The van der Waals surface area contributed by atoms with Gasteiger partial charge in [-0.15, -0.1) is 11.3 Å². The van der Waals surface area contributed by atoms with Gasteiger partial charge in [-0.05, 0) is 45.4 Å². The number of aryl methyl sites for hydroxylation is 2. The van der Waals surface area contributed by atoms with E-state index in [1.807, 2.05) is 6.92 Å². The molecule has 9 heteroatoms. The number of hydrogen-bond donors (Lipinski definition) is 2. The Bertz CT molecular complexity index is 1140. The molecule has 1 unspecified atom stereocenters. The number of fused-ring (bicyclic) bond motifs is 1. The number of rotatable bonds is 7. The van der Waals surface area contributed by atoms with E-state index in [2.05, 4.69) is 10.3 Å². The van der Waals surface area contributed by atoms with E-state index >= 15 is 0 Å². The smallest absolute Gasteiger partial charge is 0.256 e. The van der Waals surface area contributed by atoms with Crippen molar-refractivity contribution < 1.29 is 23.8 Å². The lowest BCUT2D eigenvalue weighted by Crippen LogP contribution is -2.52. The van der Waals surface area contributed by atoms with E-state index in [1.165, 1.54) is 11.3 Å². The summed E-state index contributed by atoms with van der Waals surface area (Å²) in [5.74, 6) is 0.536. The molecule has 1 fully saturated rings. The maximum atomic E-state index is 13.2. The van der Waals surface area contributed by atoms with Gasteiger partial charge in [-0.3, -0.25) is 9.59 Å². The number of nitrogens with one attached hydrogen (secondary N) is 1. The van der Waals surface area contributed by atoms with E-state index in [-0.39, 0.29) is 25.0 Å². The third-order valence-electron chi connectivity index (χ3n) is 5.68. The van der Waals surface area contributed by atoms with E-state index in [9.17, 15) is 9.59 Å². The van der Waals surface area contributed by atoms with Gasteiger partial charge >= 0.3 is 0 Å². The molecule has 164 valence electrons. The quantitative estimate of drug-likeness (QED) is 0.582. The number of aliphatic hydroxyl groups excluding tert-OH is 1. The first kappa shape index (κ1) is 21.3. The SMILES string of the molecule is Cc1ncsc1COc1ccc2oc(C)c(C(=O)NC3(C)CCN(CCO)C3=O)c2c1. The number of thiazole rings is 1. The van der Waals surface area contributed by atoms with Crippen molar-refractivity contribution in [3.05, 3.63) is 45.6 Å². The summed E-state index contributed by atoms with van der Waals surface area (Å²) < 4.78 is 11.7. The highest BCUT2D eigenvalue weighted by molar-refractivity contribution is 7.09. The first-order valence-corrected chi connectivity index (χ1v) is 11.0. The number of aromatic nitrogens is 1. The number of likely N-dealkylation sites (tertiary alicyclic amines) is 1. The Kier molecular flexibility index (Phi) is 5.72. The largest absolute Gasteiger partial charge is 0.488 e. The van der Waals surface area contributed by atoms with Crippen LogP contribution >= 0.6 is 11.3 Å². The predicted octanol–water partition coefficient (Wildman–Crippen LogP) is 2.80. The van der Waals surface area contributed by atoms with Crippen LogP contribution in [0.4, 0.5) is 0 Å². The lowest BCUT2D eigenvalue weighted by atomic mass is 9.99. The molecule has 1 aliphatic rings. The van der Waals surface area contributed by atoms with Gasteiger partial charge in [0.05, 0.1) is 28.3 Å². The minimum Gasteiger partial charge on any atom is -0.488 e. The molecule has 3 heterocycles. The second kappa shape index (κ2) is 8.32. The van der Waals surface area contributed by atoms with Crippen LogP contribution in [0.5, 0.6) is 5.75 Å². The minimum absolute atomic E-state index is 0.106. The second-order valence-corrected chi connectivity index (χ2v) is 8.83. The van der Waals surface area contributed by atoms with E-state index < -0.39 is 5.54 Å². The summed E-state index contributed by atoms with van der Waals surface area (Å²) in [7, 11) is 0. The van der Waals surface area contributed by atoms with Crippen LogP contribution in [0.2, 0.25) is 0 Å². The van der Waals surface area contributed by atoms with Crippen molar-refractivity contribution in [3.63, 3.8) is 0 Å². The van der Waals surface area contributed by atoms with Crippen molar-refractivity contribution >= 4 is 34.1 Å². The molecule has 0 spiro atoms. The Morgan fingerprint density at radius 1 is 1.42 bits per heavy atom.